The van der Waals surface area contributed by atoms with Crippen LogP contribution in [0.3, 0.4) is 0 Å². The van der Waals surface area contributed by atoms with Gasteiger partial charge in [-0.3, -0.25) is 24.4 Å². The van der Waals surface area contributed by atoms with Crippen molar-refractivity contribution >= 4 is 75.1 Å². The van der Waals surface area contributed by atoms with Gasteiger partial charge < -0.3 is 46.3 Å². The second kappa shape index (κ2) is 25.6. The van der Waals surface area contributed by atoms with E-state index < -0.39 is 0 Å². The van der Waals surface area contributed by atoms with E-state index >= 15 is 0 Å². The summed E-state index contributed by atoms with van der Waals surface area (Å²) in [6, 6.07) is 16.9. The summed E-state index contributed by atoms with van der Waals surface area (Å²) in [5.74, 6) is 1.58. The molecule has 2 aliphatic heterocycles. The van der Waals surface area contributed by atoms with Crippen molar-refractivity contribution in [2.24, 2.45) is 0 Å². The second-order valence-corrected chi connectivity index (χ2v) is 17.9. The van der Waals surface area contributed by atoms with Gasteiger partial charge in [0.1, 0.15) is 24.2 Å². The molecule has 2 aromatic carbocycles. The van der Waals surface area contributed by atoms with Crippen molar-refractivity contribution in [3.63, 3.8) is 0 Å². The van der Waals surface area contributed by atoms with Crippen LogP contribution in [0.15, 0.2) is 73.1 Å². The lowest BCUT2D eigenvalue weighted by Gasteiger charge is -2.16. The number of carbonyl (C=O) groups is 4. The van der Waals surface area contributed by atoms with Crippen LogP contribution >= 0.6 is 23.4 Å². The van der Waals surface area contributed by atoms with Gasteiger partial charge in [0.2, 0.25) is 17.7 Å². The van der Waals surface area contributed by atoms with E-state index in [9.17, 15) is 24.4 Å². The Balaban J connectivity index is 0.867. The lowest BCUT2D eigenvalue weighted by molar-refractivity contribution is -0.121. The normalized spacial score (nSPS) is 16.3. The molecule has 66 heavy (non-hydrogen) atoms. The molecule has 4 aromatic rings. The van der Waals surface area contributed by atoms with E-state index in [1.165, 1.54) is 12.3 Å². The molecule has 6 N–H and O–H groups in total. The number of benzene rings is 2. The van der Waals surface area contributed by atoms with E-state index in [0.717, 1.165) is 56.5 Å². The summed E-state index contributed by atoms with van der Waals surface area (Å²) in [6.45, 7) is 4.95. The summed E-state index contributed by atoms with van der Waals surface area (Å²) in [6.07, 6.45) is 13.3. The second-order valence-electron chi connectivity index (χ2n) is 16.2. The maximum atomic E-state index is 13.2. The molecule has 2 saturated heterocycles. The fraction of sp³-hybridized carbons (Fsp3) is 0.438. The van der Waals surface area contributed by atoms with E-state index in [-0.39, 0.29) is 42.4 Å². The molecule has 2 aromatic heterocycles. The number of urea groups is 1. The number of nitrogens with one attached hydrogen (secondary N) is 6. The van der Waals surface area contributed by atoms with Gasteiger partial charge in [-0.1, -0.05) is 30.2 Å². The van der Waals surface area contributed by atoms with Crippen LogP contribution in [0.25, 0.3) is 10.9 Å². The van der Waals surface area contributed by atoms with Crippen LogP contribution in [0.2, 0.25) is 5.02 Å². The Morgan fingerprint density at radius 2 is 1.76 bits per heavy atom. The molecule has 16 nitrogen and oxygen atoms in total. The van der Waals surface area contributed by atoms with Crippen molar-refractivity contribution in [2.75, 3.05) is 56.2 Å². The van der Waals surface area contributed by atoms with E-state index in [0.29, 0.717) is 101 Å². The lowest BCUT2D eigenvalue weighted by Crippen LogP contribution is -2.36. The number of likely N-dealkylation sites (N-methyl/N-ethyl adjacent to an activating group) is 1. The Morgan fingerprint density at radius 3 is 2.50 bits per heavy atom. The minimum absolute atomic E-state index is 0.0104. The van der Waals surface area contributed by atoms with Crippen LogP contribution in [0, 0.1) is 11.3 Å². The zero-order chi connectivity index (χ0) is 46.7. The van der Waals surface area contributed by atoms with Crippen LogP contribution in [0.1, 0.15) is 76.0 Å². The van der Waals surface area contributed by atoms with Crippen LogP contribution in [-0.2, 0) is 21.0 Å². The lowest BCUT2D eigenvalue weighted by atomic mass is 10.0. The number of rotatable bonds is 26. The van der Waals surface area contributed by atoms with E-state index in [1.807, 2.05) is 43.9 Å². The number of hydrogen-bond donors (Lipinski definition) is 6. The highest BCUT2D eigenvalue weighted by molar-refractivity contribution is 8.00. The molecule has 3 atom stereocenters. The number of fused-ring (bicyclic) bond motifs is 2. The number of anilines is 3. The number of nitrogens with zero attached hydrogens (tertiary/aromatic N) is 4. The number of hydrogen-bond acceptors (Lipinski definition) is 12. The minimum atomic E-state index is -0.344. The van der Waals surface area contributed by atoms with Gasteiger partial charge in [-0.2, -0.15) is 17.0 Å². The molecule has 2 fully saturated rings. The molecule has 18 heteroatoms. The Morgan fingerprint density at radius 1 is 0.970 bits per heavy atom. The number of ether oxygens (including phenoxy) is 2. The number of pyridine rings is 2. The molecule has 5 amide bonds. The number of aromatic nitrogens is 2. The third-order valence-electron chi connectivity index (χ3n) is 11.2. The predicted molar refractivity (Wildman–Crippen MR) is 259 cm³/mol. The van der Waals surface area contributed by atoms with Crippen molar-refractivity contribution in [1.82, 2.24) is 36.1 Å². The first kappa shape index (κ1) is 49.3. The third-order valence-corrected chi connectivity index (χ3v) is 13.0. The van der Waals surface area contributed by atoms with Gasteiger partial charge in [0.25, 0.3) is 0 Å². The van der Waals surface area contributed by atoms with Gasteiger partial charge >= 0.3 is 6.03 Å². The SMILES string of the molecule is CCOc1cc2ncc(C#N)c(Nc3ccc(OCc4ccccn4)c(Cl)c3)c2cc1NC(=O)/C=C/CN(C)CCCCNC(=O)CCCCNC(=O)CCCC[C@@H]1SCC2NC(=O)N[C@@H]21. The summed E-state index contributed by atoms with van der Waals surface area (Å²) in [4.78, 5) is 60.2. The van der Waals surface area contributed by atoms with Gasteiger partial charge in [-0.15, -0.1) is 0 Å². The largest absolute Gasteiger partial charge is 0.492 e. The zero-order valence-corrected chi connectivity index (χ0v) is 39.1. The highest BCUT2D eigenvalue weighted by Crippen LogP contribution is 2.38. The van der Waals surface area contributed by atoms with Crippen molar-refractivity contribution in [3.05, 3.63) is 89.4 Å². The van der Waals surface area contributed by atoms with Gasteiger partial charge in [0.15, 0.2) is 0 Å². The Hall–Kier alpha value is -6.09. The summed E-state index contributed by atoms with van der Waals surface area (Å²) >= 11 is 8.48. The average Bonchev–Trinajstić information content (AvgIpc) is 3.87. The number of thioether (sulfide) groups is 1. The van der Waals surface area contributed by atoms with Gasteiger partial charge in [-0.25, -0.2) is 4.79 Å². The molecule has 1 unspecified atom stereocenters. The molecular weight excluding hydrogens is 880 g/mol. The van der Waals surface area contributed by atoms with Crippen molar-refractivity contribution < 1.29 is 28.7 Å². The number of unbranched alkanes of at least 4 members (excludes halogenated alkanes) is 3. The quantitative estimate of drug-likeness (QED) is 0.0210. The molecule has 0 spiro atoms. The van der Waals surface area contributed by atoms with Gasteiger partial charge in [0.05, 0.1) is 51.9 Å². The predicted octanol–water partition coefficient (Wildman–Crippen LogP) is 7.21. The highest BCUT2D eigenvalue weighted by atomic mass is 35.5. The topological polar surface area (TPSA) is 212 Å². The smallest absolute Gasteiger partial charge is 0.315 e. The molecule has 0 aliphatic carbocycles. The molecule has 0 saturated carbocycles. The first-order valence-corrected chi connectivity index (χ1v) is 24.0. The highest BCUT2D eigenvalue weighted by Gasteiger charge is 2.42. The fourth-order valence-electron chi connectivity index (χ4n) is 7.72. The van der Waals surface area contributed by atoms with Crippen molar-refractivity contribution in [3.8, 4) is 17.6 Å². The minimum Gasteiger partial charge on any atom is -0.492 e. The molecule has 350 valence electrons. The van der Waals surface area contributed by atoms with E-state index in [2.05, 4.69) is 52.8 Å². The first-order valence-electron chi connectivity index (χ1n) is 22.6. The van der Waals surface area contributed by atoms with Crippen LogP contribution in [-0.4, -0.2) is 102 Å². The van der Waals surface area contributed by atoms with Crippen molar-refractivity contribution in [2.45, 2.75) is 88.7 Å². The van der Waals surface area contributed by atoms with Crippen molar-refractivity contribution in [1.29, 1.82) is 5.26 Å². The summed E-state index contributed by atoms with van der Waals surface area (Å²) < 4.78 is 11.8. The van der Waals surface area contributed by atoms with Crippen LogP contribution in [0.5, 0.6) is 11.5 Å². The monoisotopic (exact) mass is 938 g/mol. The number of halogens is 1. The first-order chi connectivity index (χ1) is 32.1. The van der Waals surface area contributed by atoms with Crippen LogP contribution < -0.4 is 41.4 Å². The van der Waals surface area contributed by atoms with E-state index in [1.54, 1.807) is 42.6 Å². The Labute approximate surface area is 395 Å². The third kappa shape index (κ3) is 15.0. The number of carbonyl (C=O) groups excluding carboxylic acids is 4. The standard InChI is InChI=1S/C48H59ClN10O6S/c1-3-64-41-27-37-35(46(32(28-50)29-54-37)55-33-18-19-40(36(49)25-33)65-30-34-13-6-8-20-51-34)26-38(41)56-45(62)17-12-24-59(2)23-11-10-22-53-44(61)16-7-9-21-52-43(60)15-5-4-14-42-47-39(31-66-42)57-48(63)58-47/h6,8,12-13,17-20,25-27,29,39,42,47H,3-5,7,9-11,14-16,21-24,30-31H2,1-2H3,(H,52,60)(H,53,61)(H,54,55)(H,56,62)(H2,57,58,63)/b17-12+/t39?,42-,47-/m0/s1. The van der Waals surface area contributed by atoms with Gasteiger partial charge in [-0.05, 0) is 95.4 Å². The molecule has 4 heterocycles. The van der Waals surface area contributed by atoms with Gasteiger partial charge in [0, 0.05) is 79.1 Å². The zero-order valence-electron chi connectivity index (χ0n) is 37.5. The summed E-state index contributed by atoms with van der Waals surface area (Å²) in [5.41, 5.74) is 3.16. The summed E-state index contributed by atoms with van der Waals surface area (Å²) in [5, 5.41) is 29.6. The molecule has 0 radical (unpaired) electrons. The number of amides is 5. The molecule has 6 rings (SSSR count). The average molecular weight is 940 g/mol. The van der Waals surface area contributed by atoms with Crippen LogP contribution in [0.4, 0.5) is 21.9 Å². The fourth-order valence-corrected chi connectivity index (χ4v) is 9.49. The maximum absolute atomic E-state index is 13.2. The Kier molecular flexibility index (Phi) is 19.1. The summed E-state index contributed by atoms with van der Waals surface area (Å²) in [7, 11) is 1.97. The Bertz CT molecular complexity index is 2370. The molecule has 0 bridgehead atoms. The molecular formula is C48H59ClN10O6S. The number of nitriles is 1. The maximum Gasteiger partial charge on any atom is 0.315 e. The molecule has 2 aliphatic rings. The van der Waals surface area contributed by atoms with E-state index in [4.69, 9.17) is 21.1 Å².